The standard InChI is InChI=1S/C20H23N5S/c1-13-12-25(11-10-22-13)19-17-15-4-2-3-5-16(15)26-20(17)24-18(23-19)14-6-8-21-9-7-14/h6-9,13,22H,2-5,10-12H2,1H3/t13-/m0/s1. The molecule has 26 heavy (non-hydrogen) atoms. The van der Waals surface area contributed by atoms with E-state index in [4.69, 9.17) is 9.97 Å². The number of nitrogens with zero attached hydrogens (tertiary/aromatic N) is 4. The molecule has 5 nitrogen and oxygen atoms in total. The summed E-state index contributed by atoms with van der Waals surface area (Å²) in [4.78, 5) is 19.3. The first kappa shape index (κ1) is 16.1. The van der Waals surface area contributed by atoms with E-state index < -0.39 is 0 Å². The summed E-state index contributed by atoms with van der Waals surface area (Å²) < 4.78 is 0. The van der Waals surface area contributed by atoms with Crippen molar-refractivity contribution >= 4 is 27.4 Å². The van der Waals surface area contributed by atoms with Crippen LogP contribution in [-0.2, 0) is 12.8 Å². The first-order valence-electron chi connectivity index (χ1n) is 9.50. The van der Waals surface area contributed by atoms with Crippen LogP contribution in [0, 0.1) is 0 Å². The zero-order valence-electron chi connectivity index (χ0n) is 15.0. The van der Waals surface area contributed by atoms with E-state index in [2.05, 4.69) is 22.1 Å². The second-order valence-corrected chi connectivity index (χ2v) is 8.38. The van der Waals surface area contributed by atoms with Crippen molar-refractivity contribution in [1.29, 1.82) is 0 Å². The first-order valence-corrected chi connectivity index (χ1v) is 10.3. The lowest BCUT2D eigenvalue weighted by Crippen LogP contribution is -2.49. The molecule has 2 aliphatic rings. The SMILES string of the molecule is C[C@H]1CN(c2nc(-c3ccncc3)nc3sc4c(c23)CCCC4)CCN1. The van der Waals surface area contributed by atoms with Gasteiger partial charge in [0, 0.05) is 48.5 Å². The summed E-state index contributed by atoms with van der Waals surface area (Å²) in [6, 6.07) is 4.48. The Hall–Kier alpha value is -2.05. The highest BCUT2D eigenvalue weighted by Gasteiger charge is 2.26. The maximum Gasteiger partial charge on any atom is 0.163 e. The molecule has 1 fully saturated rings. The van der Waals surface area contributed by atoms with Crippen molar-refractivity contribution < 1.29 is 0 Å². The Kier molecular flexibility index (Phi) is 4.10. The number of anilines is 1. The van der Waals surface area contributed by atoms with Gasteiger partial charge in [-0.3, -0.25) is 4.98 Å². The molecular formula is C20H23N5S. The number of aromatic nitrogens is 3. The van der Waals surface area contributed by atoms with Crippen molar-refractivity contribution in [3.05, 3.63) is 35.0 Å². The van der Waals surface area contributed by atoms with Gasteiger partial charge in [0.05, 0.1) is 5.39 Å². The lowest BCUT2D eigenvalue weighted by Gasteiger charge is -2.33. The number of aryl methyl sites for hydroxylation is 2. The van der Waals surface area contributed by atoms with Gasteiger partial charge in [-0.1, -0.05) is 0 Å². The van der Waals surface area contributed by atoms with Crippen LogP contribution in [0.2, 0.25) is 0 Å². The van der Waals surface area contributed by atoms with Crippen LogP contribution < -0.4 is 10.2 Å². The van der Waals surface area contributed by atoms with Crippen LogP contribution in [0.5, 0.6) is 0 Å². The minimum atomic E-state index is 0.479. The van der Waals surface area contributed by atoms with E-state index in [-0.39, 0.29) is 0 Å². The van der Waals surface area contributed by atoms with Gasteiger partial charge in [-0.25, -0.2) is 9.97 Å². The summed E-state index contributed by atoms with van der Waals surface area (Å²) in [5.74, 6) is 1.95. The quantitative estimate of drug-likeness (QED) is 0.754. The minimum Gasteiger partial charge on any atom is -0.353 e. The van der Waals surface area contributed by atoms with Crippen LogP contribution >= 0.6 is 11.3 Å². The Bertz CT molecular complexity index is 936. The molecule has 4 heterocycles. The van der Waals surface area contributed by atoms with Crippen molar-refractivity contribution in [2.75, 3.05) is 24.5 Å². The monoisotopic (exact) mass is 365 g/mol. The van der Waals surface area contributed by atoms with Crippen molar-refractivity contribution in [2.45, 2.75) is 38.6 Å². The summed E-state index contributed by atoms with van der Waals surface area (Å²) in [7, 11) is 0. The molecule has 1 atom stereocenters. The summed E-state index contributed by atoms with van der Waals surface area (Å²) >= 11 is 1.88. The van der Waals surface area contributed by atoms with Gasteiger partial charge in [-0.2, -0.15) is 0 Å². The second kappa shape index (κ2) is 6.59. The molecule has 0 saturated carbocycles. The Labute approximate surface area is 157 Å². The van der Waals surface area contributed by atoms with E-state index >= 15 is 0 Å². The van der Waals surface area contributed by atoms with E-state index in [0.717, 1.165) is 41.7 Å². The lowest BCUT2D eigenvalue weighted by molar-refractivity contribution is 0.483. The number of rotatable bonds is 2. The average molecular weight is 366 g/mol. The van der Waals surface area contributed by atoms with Gasteiger partial charge >= 0.3 is 0 Å². The molecule has 6 heteroatoms. The summed E-state index contributed by atoms with van der Waals surface area (Å²) in [6.07, 6.45) is 8.57. The Balaban J connectivity index is 1.72. The average Bonchev–Trinajstić information content (AvgIpc) is 3.06. The van der Waals surface area contributed by atoms with Crippen molar-refractivity contribution in [3.8, 4) is 11.4 Å². The molecule has 0 aromatic carbocycles. The second-order valence-electron chi connectivity index (χ2n) is 7.30. The van der Waals surface area contributed by atoms with Crippen LogP contribution in [0.1, 0.15) is 30.2 Å². The summed E-state index contributed by atoms with van der Waals surface area (Å²) in [5, 5.41) is 4.86. The zero-order valence-corrected chi connectivity index (χ0v) is 15.9. The highest BCUT2D eigenvalue weighted by atomic mass is 32.1. The summed E-state index contributed by atoms with van der Waals surface area (Å²) in [5.41, 5.74) is 2.55. The van der Waals surface area contributed by atoms with E-state index in [0.29, 0.717) is 6.04 Å². The molecule has 0 radical (unpaired) electrons. The van der Waals surface area contributed by atoms with Crippen molar-refractivity contribution in [3.63, 3.8) is 0 Å². The van der Waals surface area contributed by atoms with E-state index in [9.17, 15) is 0 Å². The molecule has 134 valence electrons. The van der Waals surface area contributed by atoms with Gasteiger partial charge < -0.3 is 10.2 Å². The number of hydrogen-bond acceptors (Lipinski definition) is 6. The fraction of sp³-hybridized carbons (Fsp3) is 0.450. The minimum absolute atomic E-state index is 0.479. The molecular weight excluding hydrogens is 342 g/mol. The number of thiophene rings is 1. The topological polar surface area (TPSA) is 53.9 Å². The van der Waals surface area contributed by atoms with Gasteiger partial charge in [-0.15, -0.1) is 11.3 Å². The molecule has 1 aliphatic carbocycles. The normalized spacial score (nSPS) is 20.3. The van der Waals surface area contributed by atoms with Gasteiger partial charge in [-0.05, 0) is 50.3 Å². The number of hydrogen-bond donors (Lipinski definition) is 1. The fourth-order valence-electron chi connectivity index (χ4n) is 4.12. The lowest BCUT2D eigenvalue weighted by atomic mass is 9.96. The smallest absolute Gasteiger partial charge is 0.163 e. The molecule has 1 aliphatic heterocycles. The molecule has 3 aromatic rings. The third-order valence-electron chi connectivity index (χ3n) is 5.40. The first-order chi connectivity index (χ1) is 12.8. The van der Waals surface area contributed by atoms with Crippen molar-refractivity contribution in [2.24, 2.45) is 0 Å². The third-order valence-corrected chi connectivity index (χ3v) is 6.59. The van der Waals surface area contributed by atoms with Crippen LogP contribution in [0.3, 0.4) is 0 Å². The third kappa shape index (κ3) is 2.77. The van der Waals surface area contributed by atoms with Crippen LogP contribution in [-0.4, -0.2) is 40.6 Å². The van der Waals surface area contributed by atoms with E-state index in [1.165, 1.54) is 41.5 Å². The number of nitrogens with one attached hydrogen (secondary N) is 1. The fourth-order valence-corrected chi connectivity index (χ4v) is 5.38. The Morgan fingerprint density at radius 3 is 2.85 bits per heavy atom. The number of piperazine rings is 1. The van der Waals surface area contributed by atoms with Crippen LogP contribution in [0.15, 0.2) is 24.5 Å². The molecule has 1 N–H and O–H groups in total. The Morgan fingerprint density at radius 1 is 1.15 bits per heavy atom. The highest BCUT2D eigenvalue weighted by Crippen LogP contribution is 2.40. The molecule has 0 spiro atoms. The van der Waals surface area contributed by atoms with Crippen LogP contribution in [0.4, 0.5) is 5.82 Å². The van der Waals surface area contributed by atoms with E-state index in [1.807, 2.05) is 35.9 Å². The summed E-state index contributed by atoms with van der Waals surface area (Å²) in [6.45, 7) is 5.24. The molecule has 0 amide bonds. The van der Waals surface area contributed by atoms with Gasteiger partial charge in [0.1, 0.15) is 10.6 Å². The van der Waals surface area contributed by atoms with E-state index in [1.54, 1.807) is 0 Å². The molecule has 1 saturated heterocycles. The number of pyridine rings is 1. The molecule has 0 unspecified atom stereocenters. The molecule has 5 rings (SSSR count). The zero-order chi connectivity index (χ0) is 17.5. The van der Waals surface area contributed by atoms with Gasteiger partial charge in [0.15, 0.2) is 5.82 Å². The Morgan fingerprint density at radius 2 is 2.00 bits per heavy atom. The van der Waals surface area contributed by atoms with Gasteiger partial charge in [0.2, 0.25) is 0 Å². The largest absolute Gasteiger partial charge is 0.353 e. The predicted octanol–water partition coefficient (Wildman–Crippen LogP) is 3.43. The predicted molar refractivity (Wildman–Crippen MR) is 107 cm³/mol. The van der Waals surface area contributed by atoms with Gasteiger partial charge in [0.25, 0.3) is 0 Å². The maximum atomic E-state index is 5.08. The maximum absolute atomic E-state index is 5.08. The highest BCUT2D eigenvalue weighted by molar-refractivity contribution is 7.19. The molecule has 0 bridgehead atoms. The molecule has 3 aromatic heterocycles. The van der Waals surface area contributed by atoms with Crippen LogP contribution in [0.25, 0.3) is 21.6 Å². The van der Waals surface area contributed by atoms with Crippen molar-refractivity contribution in [1.82, 2.24) is 20.3 Å². The number of fused-ring (bicyclic) bond motifs is 3.